The number of nitrogens with one attached hydrogen (secondary N) is 3. The van der Waals surface area contributed by atoms with Crippen LogP contribution >= 0.6 is 0 Å². The van der Waals surface area contributed by atoms with Gasteiger partial charge in [-0.05, 0) is 66.1 Å². The fourth-order valence-corrected chi connectivity index (χ4v) is 5.86. The van der Waals surface area contributed by atoms with E-state index < -0.39 is 88.7 Å². The molecule has 3 N–H and O–H groups in total. The number of ether oxygens (including phenoxy) is 1. The molecule has 1 heterocycles. The van der Waals surface area contributed by atoms with Crippen molar-refractivity contribution in [2.75, 3.05) is 6.61 Å². The van der Waals surface area contributed by atoms with Gasteiger partial charge in [0.2, 0.25) is 17.7 Å². The van der Waals surface area contributed by atoms with E-state index in [-0.39, 0.29) is 37.9 Å². The van der Waals surface area contributed by atoms with Crippen molar-refractivity contribution in [3.05, 3.63) is 117 Å². The van der Waals surface area contributed by atoms with Crippen LogP contribution in [0.1, 0.15) is 55.0 Å². The van der Waals surface area contributed by atoms with Crippen LogP contribution in [0.25, 0.3) is 10.4 Å². The number of hydrogen-bond donors (Lipinski definition) is 3. The summed E-state index contributed by atoms with van der Waals surface area (Å²) in [5, 5.41) is 11.0. The smallest absolute Gasteiger partial charge is 0.361 e. The predicted molar refractivity (Wildman–Crippen MR) is 188 cm³/mol. The van der Waals surface area contributed by atoms with E-state index in [1.807, 2.05) is 13.8 Å². The van der Waals surface area contributed by atoms with Crippen LogP contribution < -0.4 is 16.0 Å². The van der Waals surface area contributed by atoms with Crippen molar-refractivity contribution in [3.8, 4) is 0 Å². The minimum atomic E-state index is -5.20. The molecule has 0 bridgehead atoms. The SMILES string of the molecule is CC(C)C[C@H](NC(=O)[C@H](Cc1ccccc1)NC(=O)[C@H](Cc1cc(C(F)(F)F)cc(C(F)(F)F)c1)NC(=O)C(Cc1ccccc1)N=[N+]=[N-])C(=O)[C@@]1(C)CO1. The Balaban J connectivity index is 1.72. The van der Waals surface area contributed by atoms with E-state index in [0.29, 0.717) is 23.3 Å². The Morgan fingerprint density at radius 1 is 0.727 bits per heavy atom. The molecule has 11 nitrogen and oxygen atoms in total. The highest BCUT2D eigenvalue weighted by atomic mass is 19.4. The normalized spacial score (nSPS) is 17.6. The summed E-state index contributed by atoms with van der Waals surface area (Å²) in [7, 11) is 0. The number of halogens is 6. The third kappa shape index (κ3) is 12.3. The molecule has 1 aliphatic heterocycles. The fourth-order valence-electron chi connectivity index (χ4n) is 5.86. The average Bonchev–Trinajstić information content (AvgIpc) is 3.88. The maximum Gasteiger partial charge on any atom is 0.416 e. The van der Waals surface area contributed by atoms with Crippen molar-refractivity contribution in [1.82, 2.24) is 16.0 Å². The summed E-state index contributed by atoms with van der Waals surface area (Å²) in [5.41, 5.74) is 5.28. The molecule has 0 radical (unpaired) electrons. The Bertz CT molecular complexity index is 1850. The van der Waals surface area contributed by atoms with Crippen LogP contribution in [-0.2, 0) is 55.5 Å². The van der Waals surface area contributed by atoms with E-state index in [1.165, 1.54) is 0 Å². The van der Waals surface area contributed by atoms with Gasteiger partial charge >= 0.3 is 12.4 Å². The number of azide groups is 1. The highest BCUT2D eigenvalue weighted by Crippen LogP contribution is 2.36. The quantitative estimate of drug-likeness (QED) is 0.0482. The predicted octanol–water partition coefficient (Wildman–Crippen LogP) is 6.29. The molecule has 5 atom stereocenters. The molecule has 0 aromatic heterocycles. The Morgan fingerprint density at radius 2 is 1.16 bits per heavy atom. The third-order valence-electron chi connectivity index (χ3n) is 8.84. The second kappa shape index (κ2) is 17.8. The molecule has 4 rings (SSSR count). The highest BCUT2D eigenvalue weighted by Gasteiger charge is 2.50. The number of alkyl halides is 6. The number of amides is 3. The van der Waals surface area contributed by atoms with Crippen molar-refractivity contribution < 1.29 is 50.3 Å². The first-order chi connectivity index (χ1) is 25.8. The molecule has 1 fully saturated rings. The number of ketones is 1. The fraction of sp³-hybridized carbons (Fsp3) is 0.421. The first-order valence-electron chi connectivity index (χ1n) is 17.3. The van der Waals surface area contributed by atoms with E-state index in [2.05, 4.69) is 26.0 Å². The van der Waals surface area contributed by atoms with E-state index in [0.717, 1.165) is 0 Å². The summed E-state index contributed by atoms with van der Waals surface area (Å²) in [4.78, 5) is 57.6. The molecule has 0 aliphatic carbocycles. The minimum absolute atomic E-state index is 0.0627. The van der Waals surface area contributed by atoms with E-state index in [4.69, 9.17) is 4.74 Å². The van der Waals surface area contributed by atoms with Crippen molar-refractivity contribution >= 4 is 23.5 Å². The first kappa shape index (κ1) is 42.3. The molecule has 3 aromatic carbocycles. The van der Waals surface area contributed by atoms with Gasteiger partial charge in [-0.15, -0.1) is 0 Å². The van der Waals surface area contributed by atoms with E-state index in [9.17, 15) is 51.1 Å². The third-order valence-corrected chi connectivity index (χ3v) is 8.84. The number of hydrogen-bond acceptors (Lipinski definition) is 6. The molecule has 0 saturated carbocycles. The molecule has 55 heavy (non-hydrogen) atoms. The van der Waals surface area contributed by atoms with Crippen molar-refractivity contribution in [3.63, 3.8) is 0 Å². The average molecular weight is 775 g/mol. The lowest BCUT2D eigenvalue weighted by Crippen LogP contribution is -2.58. The second-order valence-electron chi connectivity index (χ2n) is 13.9. The van der Waals surface area contributed by atoms with Gasteiger partial charge < -0.3 is 20.7 Å². The van der Waals surface area contributed by atoms with Crippen LogP contribution in [0.5, 0.6) is 0 Å². The molecule has 17 heteroatoms. The molecule has 1 unspecified atom stereocenters. The Kier molecular flexibility index (Phi) is 13.7. The standard InChI is InChI=1S/C38H40F6N6O5/c1-22(2)14-28(32(51)36(3)21-55-36)46-33(52)29(17-23-10-6-4-7-11-23)47-34(53)30(48-35(54)31(49-50-45)18-24-12-8-5-9-13-24)19-25-15-26(37(39,40)41)20-27(16-25)38(42,43)44/h4-13,15-16,20,22,28-31H,14,17-19,21H2,1-3H3,(H,46,52)(H,47,53)(H,48,54)/t28-,29-,30-,31?,36+/m0/s1. The molecule has 1 saturated heterocycles. The minimum Gasteiger partial charge on any atom is -0.361 e. The summed E-state index contributed by atoms with van der Waals surface area (Å²) in [6.45, 7) is 5.39. The van der Waals surface area contributed by atoms with Crippen LogP contribution in [0.4, 0.5) is 26.3 Å². The van der Waals surface area contributed by atoms with Gasteiger partial charge in [0, 0.05) is 17.8 Å². The summed E-state index contributed by atoms with van der Waals surface area (Å²) >= 11 is 0. The second-order valence-corrected chi connectivity index (χ2v) is 13.9. The van der Waals surface area contributed by atoms with Crippen LogP contribution in [0.3, 0.4) is 0 Å². The van der Waals surface area contributed by atoms with Gasteiger partial charge in [-0.1, -0.05) is 79.6 Å². The van der Waals surface area contributed by atoms with Gasteiger partial charge in [0.15, 0.2) is 5.78 Å². The molecule has 294 valence electrons. The molecular formula is C38H40F6N6O5. The lowest BCUT2D eigenvalue weighted by Gasteiger charge is -2.27. The zero-order valence-corrected chi connectivity index (χ0v) is 30.1. The van der Waals surface area contributed by atoms with Gasteiger partial charge in [-0.3, -0.25) is 19.2 Å². The number of nitrogens with zero attached hydrogens (tertiary/aromatic N) is 3. The van der Waals surface area contributed by atoms with Gasteiger partial charge in [0.05, 0.1) is 23.8 Å². The molecule has 3 aromatic rings. The maximum atomic E-state index is 14.1. The monoisotopic (exact) mass is 774 g/mol. The maximum absolute atomic E-state index is 14.1. The zero-order valence-electron chi connectivity index (χ0n) is 30.1. The van der Waals surface area contributed by atoms with Crippen molar-refractivity contribution in [2.24, 2.45) is 11.0 Å². The summed E-state index contributed by atoms with van der Waals surface area (Å²) in [5.74, 6) is -3.49. The number of rotatable bonds is 17. The summed E-state index contributed by atoms with van der Waals surface area (Å²) in [6.07, 6.45) is -11.4. The van der Waals surface area contributed by atoms with Gasteiger partial charge in [-0.2, -0.15) is 26.3 Å². The van der Waals surface area contributed by atoms with Crippen molar-refractivity contribution in [1.29, 1.82) is 0 Å². The largest absolute Gasteiger partial charge is 0.416 e. The van der Waals surface area contributed by atoms with E-state index >= 15 is 0 Å². The number of epoxide rings is 1. The van der Waals surface area contributed by atoms with Crippen LogP contribution in [0.15, 0.2) is 84.0 Å². The van der Waals surface area contributed by atoms with Crippen LogP contribution in [0, 0.1) is 5.92 Å². The van der Waals surface area contributed by atoms with Crippen LogP contribution in [0.2, 0.25) is 0 Å². The topological polar surface area (TPSA) is 166 Å². The van der Waals surface area contributed by atoms with Gasteiger partial charge in [0.25, 0.3) is 0 Å². The molecule has 1 aliphatic rings. The lowest BCUT2D eigenvalue weighted by atomic mass is 9.93. The van der Waals surface area contributed by atoms with Gasteiger partial charge in [-0.25, -0.2) is 0 Å². The number of Topliss-reactive ketones (excluding diaryl/α,β-unsaturated/α-hetero) is 1. The summed E-state index contributed by atoms with van der Waals surface area (Å²) < 4.78 is 88.0. The van der Waals surface area contributed by atoms with Gasteiger partial charge in [0.1, 0.15) is 23.7 Å². The molecule has 0 spiro atoms. The number of carbonyl (C=O) groups is 4. The summed E-state index contributed by atoms with van der Waals surface area (Å²) in [6, 6.07) is 11.5. The Hall–Kier alpha value is -5.41. The lowest BCUT2D eigenvalue weighted by molar-refractivity contribution is -0.143. The van der Waals surface area contributed by atoms with Crippen molar-refractivity contribution in [2.45, 2.75) is 88.6 Å². The first-order valence-corrected chi connectivity index (χ1v) is 17.3. The van der Waals surface area contributed by atoms with Crippen LogP contribution in [-0.4, -0.2) is 59.9 Å². The zero-order chi connectivity index (χ0) is 40.6. The molecular weight excluding hydrogens is 734 g/mol. The number of benzene rings is 3. The Labute approximate surface area is 312 Å². The highest BCUT2D eigenvalue weighted by molar-refractivity contribution is 5.98. The van der Waals surface area contributed by atoms with E-state index in [1.54, 1.807) is 67.6 Å². The molecule has 3 amide bonds. The number of carbonyl (C=O) groups excluding carboxylic acids is 4. The Morgan fingerprint density at radius 3 is 1.60 bits per heavy atom.